The number of carbonyl (C=O) groups excluding carboxylic acids is 1. The molecule has 4 heteroatoms. The number of halogens is 1. The van der Waals surface area contributed by atoms with Crippen molar-refractivity contribution in [1.82, 2.24) is 5.32 Å². The summed E-state index contributed by atoms with van der Waals surface area (Å²) in [5.41, 5.74) is 6.75. The van der Waals surface area contributed by atoms with Crippen LogP contribution in [0.2, 0.25) is 5.02 Å². The van der Waals surface area contributed by atoms with Gasteiger partial charge in [0.2, 0.25) is 5.91 Å². The zero-order chi connectivity index (χ0) is 12.8. The SMILES string of the molecule is CC(C)C(N)CC(=O)NCc1ccccc1Cl. The normalized spacial score (nSPS) is 12.5. The van der Waals surface area contributed by atoms with Crippen molar-refractivity contribution in [2.24, 2.45) is 11.7 Å². The van der Waals surface area contributed by atoms with E-state index in [1.807, 2.05) is 38.1 Å². The maximum Gasteiger partial charge on any atom is 0.221 e. The molecular weight excluding hydrogens is 236 g/mol. The average Bonchev–Trinajstić information content (AvgIpc) is 2.27. The van der Waals surface area contributed by atoms with Crippen molar-refractivity contribution >= 4 is 17.5 Å². The molecule has 0 saturated heterocycles. The number of hydrogen-bond acceptors (Lipinski definition) is 2. The van der Waals surface area contributed by atoms with Crippen LogP contribution in [0.3, 0.4) is 0 Å². The molecule has 17 heavy (non-hydrogen) atoms. The van der Waals surface area contributed by atoms with E-state index in [-0.39, 0.29) is 11.9 Å². The third kappa shape index (κ3) is 4.75. The molecule has 0 aromatic heterocycles. The third-order valence-electron chi connectivity index (χ3n) is 2.71. The number of rotatable bonds is 5. The molecule has 0 radical (unpaired) electrons. The second-order valence-corrected chi connectivity index (χ2v) is 4.89. The van der Waals surface area contributed by atoms with E-state index >= 15 is 0 Å². The van der Waals surface area contributed by atoms with Crippen LogP contribution in [0.5, 0.6) is 0 Å². The van der Waals surface area contributed by atoms with Crippen molar-refractivity contribution in [2.45, 2.75) is 32.9 Å². The van der Waals surface area contributed by atoms with Gasteiger partial charge in [0.1, 0.15) is 0 Å². The maximum atomic E-state index is 11.6. The first-order valence-electron chi connectivity index (χ1n) is 5.76. The van der Waals surface area contributed by atoms with Crippen LogP contribution in [0.25, 0.3) is 0 Å². The molecule has 1 unspecified atom stereocenters. The van der Waals surface area contributed by atoms with Gasteiger partial charge in [0, 0.05) is 24.0 Å². The highest BCUT2D eigenvalue weighted by molar-refractivity contribution is 6.31. The molecule has 1 aromatic carbocycles. The molecule has 94 valence electrons. The van der Waals surface area contributed by atoms with Crippen LogP contribution in [0.15, 0.2) is 24.3 Å². The number of amides is 1. The lowest BCUT2D eigenvalue weighted by Crippen LogP contribution is -2.34. The molecule has 1 amide bonds. The first-order chi connectivity index (χ1) is 8.00. The monoisotopic (exact) mass is 254 g/mol. The van der Waals surface area contributed by atoms with E-state index < -0.39 is 0 Å². The molecule has 0 saturated carbocycles. The Morgan fingerprint density at radius 2 is 2.06 bits per heavy atom. The Bertz CT molecular complexity index is 379. The van der Waals surface area contributed by atoms with Gasteiger partial charge >= 0.3 is 0 Å². The van der Waals surface area contributed by atoms with Gasteiger partial charge in [-0.05, 0) is 17.5 Å². The fourth-order valence-electron chi connectivity index (χ4n) is 1.36. The van der Waals surface area contributed by atoms with E-state index in [0.29, 0.717) is 23.9 Å². The molecular formula is C13H19ClN2O. The van der Waals surface area contributed by atoms with E-state index in [1.165, 1.54) is 0 Å². The van der Waals surface area contributed by atoms with Crippen molar-refractivity contribution in [3.63, 3.8) is 0 Å². The first kappa shape index (κ1) is 14.0. The molecule has 1 aromatic rings. The lowest BCUT2D eigenvalue weighted by molar-refractivity contribution is -0.121. The molecule has 0 heterocycles. The molecule has 0 bridgehead atoms. The smallest absolute Gasteiger partial charge is 0.221 e. The maximum absolute atomic E-state index is 11.6. The Morgan fingerprint density at radius 1 is 1.41 bits per heavy atom. The summed E-state index contributed by atoms with van der Waals surface area (Å²) >= 11 is 5.99. The highest BCUT2D eigenvalue weighted by Gasteiger charge is 2.12. The van der Waals surface area contributed by atoms with Crippen molar-refractivity contribution in [3.05, 3.63) is 34.9 Å². The van der Waals surface area contributed by atoms with Crippen LogP contribution in [0.1, 0.15) is 25.8 Å². The van der Waals surface area contributed by atoms with Gasteiger partial charge in [0.05, 0.1) is 0 Å². The third-order valence-corrected chi connectivity index (χ3v) is 3.08. The van der Waals surface area contributed by atoms with Crippen molar-refractivity contribution in [1.29, 1.82) is 0 Å². The number of hydrogen-bond donors (Lipinski definition) is 2. The largest absolute Gasteiger partial charge is 0.352 e. The zero-order valence-electron chi connectivity index (χ0n) is 10.2. The molecule has 1 atom stereocenters. The summed E-state index contributed by atoms with van der Waals surface area (Å²) in [6, 6.07) is 7.37. The second kappa shape index (κ2) is 6.62. The minimum atomic E-state index is -0.0961. The average molecular weight is 255 g/mol. The van der Waals surface area contributed by atoms with Crippen LogP contribution in [0.4, 0.5) is 0 Å². The summed E-state index contributed by atoms with van der Waals surface area (Å²) in [5.74, 6) is 0.271. The van der Waals surface area contributed by atoms with E-state index in [0.717, 1.165) is 5.56 Å². The Balaban J connectivity index is 2.41. The van der Waals surface area contributed by atoms with Gasteiger partial charge in [-0.15, -0.1) is 0 Å². The summed E-state index contributed by atoms with van der Waals surface area (Å²) < 4.78 is 0. The van der Waals surface area contributed by atoms with E-state index in [1.54, 1.807) is 0 Å². The second-order valence-electron chi connectivity index (χ2n) is 4.48. The molecule has 1 rings (SSSR count). The summed E-state index contributed by atoms with van der Waals surface area (Å²) in [5, 5.41) is 3.49. The van der Waals surface area contributed by atoms with Gasteiger partial charge in [0.25, 0.3) is 0 Å². The van der Waals surface area contributed by atoms with Crippen molar-refractivity contribution in [2.75, 3.05) is 0 Å². The van der Waals surface area contributed by atoms with Gasteiger partial charge in [-0.1, -0.05) is 43.6 Å². The summed E-state index contributed by atoms with van der Waals surface area (Å²) in [6.45, 7) is 4.46. The number of nitrogens with two attached hydrogens (primary N) is 1. The summed E-state index contributed by atoms with van der Waals surface area (Å²) in [7, 11) is 0. The summed E-state index contributed by atoms with van der Waals surface area (Å²) in [6.07, 6.45) is 0.349. The Morgan fingerprint density at radius 3 is 2.65 bits per heavy atom. The van der Waals surface area contributed by atoms with Crippen LogP contribution < -0.4 is 11.1 Å². The highest BCUT2D eigenvalue weighted by Crippen LogP contribution is 2.14. The molecule has 0 fully saturated rings. The topological polar surface area (TPSA) is 55.1 Å². The van der Waals surface area contributed by atoms with Crippen LogP contribution in [0, 0.1) is 5.92 Å². The number of benzene rings is 1. The fourth-order valence-corrected chi connectivity index (χ4v) is 1.56. The van der Waals surface area contributed by atoms with Crippen LogP contribution in [-0.4, -0.2) is 11.9 Å². The minimum absolute atomic E-state index is 0.0360. The summed E-state index contributed by atoms with van der Waals surface area (Å²) in [4.78, 5) is 11.6. The lowest BCUT2D eigenvalue weighted by Gasteiger charge is -2.15. The molecule has 0 aliphatic carbocycles. The van der Waals surface area contributed by atoms with Crippen LogP contribution in [-0.2, 0) is 11.3 Å². The van der Waals surface area contributed by atoms with Gasteiger partial charge in [-0.2, -0.15) is 0 Å². The van der Waals surface area contributed by atoms with E-state index in [4.69, 9.17) is 17.3 Å². The fraction of sp³-hybridized carbons (Fsp3) is 0.462. The predicted molar refractivity (Wildman–Crippen MR) is 70.7 cm³/mol. The molecule has 3 N–H and O–H groups in total. The molecule has 0 spiro atoms. The van der Waals surface area contributed by atoms with E-state index in [9.17, 15) is 4.79 Å². The van der Waals surface area contributed by atoms with Crippen molar-refractivity contribution < 1.29 is 4.79 Å². The Labute approximate surface area is 107 Å². The lowest BCUT2D eigenvalue weighted by atomic mass is 10.0. The van der Waals surface area contributed by atoms with Gasteiger partial charge < -0.3 is 11.1 Å². The standard InChI is InChI=1S/C13H19ClN2O/c1-9(2)12(15)7-13(17)16-8-10-5-3-4-6-11(10)14/h3-6,9,12H,7-8,15H2,1-2H3,(H,16,17). The Hall–Kier alpha value is -1.06. The van der Waals surface area contributed by atoms with Crippen molar-refractivity contribution in [3.8, 4) is 0 Å². The quantitative estimate of drug-likeness (QED) is 0.847. The number of nitrogens with one attached hydrogen (secondary N) is 1. The minimum Gasteiger partial charge on any atom is -0.352 e. The van der Waals surface area contributed by atoms with E-state index in [2.05, 4.69) is 5.32 Å². The van der Waals surface area contributed by atoms with Gasteiger partial charge in [-0.25, -0.2) is 0 Å². The first-order valence-corrected chi connectivity index (χ1v) is 6.14. The highest BCUT2D eigenvalue weighted by atomic mass is 35.5. The number of carbonyl (C=O) groups is 1. The molecule has 0 aliphatic heterocycles. The molecule has 0 aliphatic rings. The molecule has 3 nitrogen and oxygen atoms in total. The Kier molecular flexibility index (Phi) is 5.45. The van der Waals surface area contributed by atoms with Gasteiger partial charge in [-0.3, -0.25) is 4.79 Å². The zero-order valence-corrected chi connectivity index (χ0v) is 11.0. The predicted octanol–water partition coefficient (Wildman–Crippen LogP) is 2.33. The van der Waals surface area contributed by atoms with Gasteiger partial charge in [0.15, 0.2) is 0 Å². The van der Waals surface area contributed by atoms with Crippen LogP contribution >= 0.6 is 11.6 Å².